The monoisotopic (exact) mass is 537 g/mol. The van der Waals surface area contributed by atoms with Crippen LogP contribution in [-0.2, 0) is 11.3 Å². The van der Waals surface area contributed by atoms with Crippen molar-refractivity contribution in [2.75, 3.05) is 7.11 Å². The van der Waals surface area contributed by atoms with E-state index in [2.05, 4.69) is 0 Å². The number of benzene rings is 1. The molecular weight excluding hydrogens is 517 g/mol. The van der Waals surface area contributed by atoms with E-state index in [0.717, 1.165) is 25.4 Å². The third-order valence-corrected chi connectivity index (χ3v) is 7.81. The number of rotatable bonds is 4. The molecule has 8 nitrogen and oxygen atoms in total. The quantitative estimate of drug-likeness (QED) is 0.605. The molecule has 2 bridgehead atoms. The SMILES string of the molecule is COc1c2n(cc(C(=O)N[C@@H](c3ccc(F)cc3F)C(F)(F)F)c1=O)C[C@H]1OC3C=C(N1C2=O)C1(C)C[C@@H]31. The van der Waals surface area contributed by atoms with Gasteiger partial charge in [-0.05, 0) is 18.6 Å². The molecule has 2 amide bonds. The standard InChI is InChI=1S/C25H20F5N3O5/c1-24-7-13(24)15-6-16(24)33-17(38-15)9-32-8-12(19(34)20(37-2)18(32)23(33)36)22(35)31-21(25(28,29)30)11-4-3-10(26)5-14(11)27/h3-6,8,13,15,17,21H,7,9H2,1-2H3,(H,31,35)/t13-,15?,17+,21-,24?/m0/s1. The number of halogens is 5. The number of nitrogens with one attached hydrogen (secondary N) is 1. The van der Waals surface area contributed by atoms with Gasteiger partial charge in [0.2, 0.25) is 5.43 Å². The first-order chi connectivity index (χ1) is 17.8. The third-order valence-electron chi connectivity index (χ3n) is 7.81. The Morgan fingerprint density at radius 2 is 2.00 bits per heavy atom. The summed E-state index contributed by atoms with van der Waals surface area (Å²) in [7, 11) is 1.10. The number of nitrogens with zero attached hydrogens (tertiary/aromatic N) is 2. The highest BCUT2D eigenvalue weighted by Crippen LogP contribution is 2.67. The Kier molecular flexibility index (Phi) is 5.10. The molecule has 1 saturated carbocycles. The van der Waals surface area contributed by atoms with Crippen LogP contribution in [0.1, 0.15) is 45.8 Å². The average Bonchev–Trinajstić information content (AvgIpc) is 3.49. The lowest BCUT2D eigenvalue weighted by Crippen LogP contribution is -2.53. The minimum atomic E-state index is -5.18. The van der Waals surface area contributed by atoms with Gasteiger partial charge < -0.3 is 19.4 Å². The maximum absolute atomic E-state index is 14.2. The molecule has 0 spiro atoms. The first-order valence-corrected chi connectivity index (χ1v) is 11.7. The minimum Gasteiger partial charge on any atom is -0.491 e. The van der Waals surface area contributed by atoms with Gasteiger partial charge in [0.1, 0.15) is 17.2 Å². The molecule has 2 unspecified atom stereocenters. The highest BCUT2D eigenvalue weighted by molar-refractivity contribution is 6.00. The van der Waals surface area contributed by atoms with Crippen molar-refractivity contribution in [1.29, 1.82) is 0 Å². The van der Waals surface area contributed by atoms with E-state index in [-0.39, 0.29) is 35.7 Å². The Morgan fingerprint density at radius 3 is 2.66 bits per heavy atom. The Morgan fingerprint density at radius 1 is 1.26 bits per heavy atom. The molecule has 1 fully saturated rings. The Bertz CT molecular complexity index is 1500. The lowest BCUT2D eigenvalue weighted by Gasteiger charge is -2.42. The van der Waals surface area contributed by atoms with Gasteiger partial charge in [-0.25, -0.2) is 8.78 Å². The summed E-state index contributed by atoms with van der Waals surface area (Å²) in [6.45, 7) is 2.01. The van der Waals surface area contributed by atoms with Crippen molar-refractivity contribution < 1.29 is 41.0 Å². The first kappa shape index (κ1) is 24.6. The summed E-state index contributed by atoms with van der Waals surface area (Å²) in [5, 5.41) is 1.63. The molecular formula is C25H20F5N3O5. The number of pyridine rings is 1. The summed E-state index contributed by atoms with van der Waals surface area (Å²) in [5.74, 6) is -4.99. The molecule has 1 N–H and O–H groups in total. The minimum absolute atomic E-state index is 0.01000. The number of alkyl halides is 3. The van der Waals surface area contributed by atoms with Crippen LogP contribution in [0.2, 0.25) is 0 Å². The van der Waals surface area contributed by atoms with Crippen LogP contribution in [0.25, 0.3) is 0 Å². The van der Waals surface area contributed by atoms with Crippen LogP contribution in [0, 0.1) is 23.0 Å². The summed E-state index contributed by atoms with van der Waals surface area (Å²) in [4.78, 5) is 41.2. The molecule has 38 heavy (non-hydrogen) atoms. The molecule has 13 heteroatoms. The van der Waals surface area contributed by atoms with E-state index in [9.17, 15) is 36.3 Å². The second-order valence-corrected chi connectivity index (χ2v) is 10.0. The third kappa shape index (κ3) is 3.40. The zero-order chi connectivity index (χ0) is 27.3. The smallest absolute Gasteiger partial charge is 0.412 e. The zero-order valence-corrected chi connectivity index (χ0v) is 19.9. The number of hydrogen-bond acceptors (Lipinski definition) is 5. The van der Waals surface area contributed by atoms with Crippen LogP contribution in [0.4, 0.5) is 22.0 Å². The zero-order valence-electron chi connectivity index (χ0n) is 19.9. The highest BCUT2D eigenvalue weighted by atomic mass is 19.4. The van der Waals surface area contributed by atoms with Crippen molar-refractivity contribution in [3.05, 3.63) is 74.8 Å². The predicted octanol–water partition coefficient (Wildman–Crippen LogP) is 3.27. The Balaban J connectivity index is 1.38. The average molecular weight is 537 g/mol. The van der Waals surface area contributed by atoms with Crippen LogP contribution in [0.5, 0.6) is 5.75 Å². The van der Waals surface area contributed by atoms with E-state index in [1.54, 1.807) is 5.32 Å². The molecule has 3 heterocycles. The van der Waals surface area contributed by atoms with Crippen LogP contribution >= 0.6 is 0 Å². The van der Waals surface area contributed by atoms with Gasteiger partial charge >= 0.3 is 6.18 Å². The number of carbonyl (C=O) groups is 2. The molecule has 2 aliphatic carbocycles. The molecule has 2 aliphatic heterocycles. The van der Waals surface area contributed by atoms with E-state index in [0.29, 0.717) is 12.1 Å². The van der Waals surface area contributed by atoms with Crippen molar-refractivity contribution in [2.24, 2.45) is 11.3 Å². The van der Waals surface area contributed by atoms with Crippen molar-refractivity contribution >= 4 is 11.8 Å². The van der Waals surface area contributed by atoms with E-state index < -0.39 is 64.2 Å². The number of carbonyl (C=O) groups excluding carboxylic acids is 2. The van der Waals surface area contributed by atoms with Gasteiger partial charge in [0.05, 0.1) is 19.8 Å². The number of fused-ring (bicyclic) bond motifs is 7. The number of hydrogen-bond donors (Lipinski definition) is 1. The summed E-state index contributed by atoms with van der Waals surface area (Å²) in [5.41, 5.74) is -2.49. The lowest BCUT2D eigenvalue weighted by molar-refractivity contribution is -0.155. The van der Waals surface area contributed by atoms with Gasteiger partial charge in [-0.15, -0.1) is 0 Å². The van der Waals surface area contributed by atoms with E-state index in [4.69, 9.17) is 9.47 Å². The fraction of sp³-hybridized carbons (Fsp3) is 0.400. The van der Waals surface area contributed by atoms with Gasteiger partial charge in [0.25, 0.3) is 11.8 Å². The molecule has 0 radical (unpaired) electrons. The number of allylic oxidation sites excluding steroid dienone is 1. The van der Waals surface area contributed by atoms with Crippen LogP contribution in [-0.4, -0.2) is 46.9 Å². The van der Waals surface area contributed by atoms with Crippen LogP contribution in [0.15, 0.2) is 41.0 Å². The number of ether oxygens (including phenoxy) is 2. The van der Waals surface area contributed by atoms with Crippen molar-refractivity contribution in [3.8, 4) is 5.75 Å². The van der Waals surface area contributed by atoms with E-state index in [1.165, 1.54) is 9.47 Å². The van der Waals surface area contributed by atoms with Gasteiger partial charge in [-0.1, -0.05) is 13.0 Å². The fourth-order valence-electron chi connectivity index (χ4n) is 5.80. The fourth-order valence-corrected chi connectivity index (χ4v) is 5.80. The maximum atomic E-state index is 14.2. The molecule has 5 atom stereocenters. The van der Waals surface area contributed by atoms with Crippen LogP contribution in [0.3, 0.4) is 0 Å². The summed E-state index contributed by atoms with van der Waals surface area (Å²) < 4.78 is 81.4. The molecule has 2 aromatic rings. The summed E-state index contributed by atoms with van der Waals surface area (Å²) >= 11 is 0. The number of methoxy groups -OCH3 is 1. The van der Waals surface area contributed by atoms with Gasteiger partial charge in [0, 0.05) is 34.9 Å². The largest absolute Gasteiger partial charge is 0.491 e. The molecule has 0 saturated heterocycles. The molecule has 200 valence electrons. The van der Waals surface area contributed by atoms with E-state index in [1.807, 2.05) is 13.0 Å². The van der Waals surface area contributed by atoms with Crippen molar-refractivity contribution in [3.63, 3.8) is 0 Å². The summed E-state index contributed by atoms with van der Waals surface area (Å²) in [6.07, 6.45) is -2.40. The van der Waals surface area contributed by atoms with Crippen molar-refractivity contribution in [2.45, 2.75) is 44.4 Å². The molecule has 1 aromatic carbocycles. The van der Waals surface area contributed by atoms with E-state index >= 15 is 0 Å². The second-order valence-electron chi connectivity index (χ2n) is 10.0. The normalized spacial score (nSPS) is 27.7. The Labute approximate surface area is 211 Å². The molecule has 6 rings (SSSR count). The molecule has 4 aliphatic rings. The molecule has 1 aromatic heterocycles. The highest BCUT2D eigenvalue weighted by Gasteiger charge is 2.66. The summed E-state index contributed by atoms with van der Waals surface area (Å²) in [6, 6.07) is -1.44. The topological polar surface area (TPSA) is 89.9 Å². The predicted molar refractivity (Wildman–Crippen MR) is 119 cm³/mol. The van der Waals surface area contributed by atoms with Gasteiger partial charge in [-0.3, -0.25) is 19.3 Å². The van der Waals surface area contributed by atoms with Crippen molar-refractivity contribution in [1.82, 2.24) is 14.8 Å². The first-order valence-electron chi connectivity index (χ1n) is 11.7. The number of amides is 2. The lowest BCUT2D eigenvalue weighted by atomic mass is 10.0. The van der Waals surface area contributed by atoms with Gasteiger partial charge in [-0.2, -0.15) is 13.2 Å². The number of aromatic nitrogens is 1. The Hall–Kier alpha value is -3.74. The van der Waals surface area contributed by atoms with Crippen LogP contribution < -0.4 is 15.5 Å². The maximum Gasteiger partial charge on any atom is 0.412 e. The van der Waals surface area contributed by atoms with Gasteiger partial charge in [0.15, 0.2) is 23.7 Å². The second kappa shape index (κ2) is 7.88.